The number of nitriles is 2. The van der Waals surface area contributed by atoms with Crippen LogP contribution in [-0.4, -0.2) is 21.0 Å². The molecule has 34 heavy (non-hydrogen) atoms. The first kappa shape index (κ1) is 22.3. The van der Waals surface area contributed by atoms with E-state index in [1.807, 2.05) is 26.0 Å². The molecule has 0 aliphatic carbocycles. The van der Waals surface area contributed by atoms with Gasteiger partial charge in [-0.25, -0.2) is 14.8 Å². The number of carboxylic acids is 1. The van der Waals surface area contributed by atoms with Gasteiger partial charge in [-0.1, -0.05) is 24.3 Å². The summed E-state index contributed by atoms with van der Waals surface area (Å²) >= 11 is 0. The Morgan fingerprint density at radius 1 is 1.03 bits per heavy atom. The van der Waals surface area contributed by atoms with Crippen molar-refractivity contribution in [3.8, 4) is 12.1 Å². The van der Waals surface area contributed by atoms with Crippen molar-refractivity contribution >= 4 is 34.2 Å². The third-order valence-electron chi connectivity index (χ3n) is 5.30. The minimum atomic E-state index is -1.02. The summed E-state index contributed by atoms with van der Waals surface area (Å²) in [5, 5.41) is 34.7. The van der Waals surface area contributed by atoms with Crippen molar-refractivity contribution in [1.29, 1.82) is 10.5 Å². The number of nitrogens with zero attached hydrogens (tertiary/aromatic N) is 4. The Bertz CT molecular complexity index is 1500. The van der Waals surface area contributed by atoms with Crippen LogP contribution in [0.5, 0.6) is 0 Å². The highest BCUT2D eigenvalue weighted by Crippen LogP contribution is 2.30. The molecule has 0 fully saturated rings. The summed E-state index contributed by atoms with van der Waals surface area (Å²) in [6, 6.07) is 21.2. The molecule has 0 saturated heterocycles. The van der Waals surface area contributed by atoms with Crippen LogP contribution in [0.4, 0.5) is 17.2 Å². The molecule has 0 saturated carbocycles. The predicted octanol–water partition coefficient (Wildman–Crippen LogP) is 5.30. The van der Waals surface area contributed by atoms with E-state index in [1.54, 1.807) is 48.5 Å². The number of aromatic carboxylic acids is 1. The SMILES string of the molecule is Cc1cc([C@@H](C)Nc2ccccc2C(=O)O)c2nc(Nc3cccc(C#N)c3)c(C#N)nc2c1. The van der Waals surface area contributed by atoms with Crippen molar-refractivity contribution in [2.75, 3.05) is 10.6 Å². The van der Waals surface area contributed by atoms with Crippen LogP contribution in [0.25, 0.3) is 11.0 Å². The van der Waals surface area contributed by atoms with Crippen molar-refractivity contribution in [3.05, 3.63) is 88.6 Å². The Hall–Kier alpha value is -4.95. The Morgan fingerprint density at radius 3 is 2.56 bits per heavy atom. The van der Waals surface area contributed by atoms with Crippen LogP contribution in [-0.2, 0) is 0 Å². The normalized spacial score (nSPS) is 11.3. The van der Waals surface area contributed by atoms with E-state index >= 15 is 0 Å². The summed E-state index contributed by atoms with van der Waals surface area (Å²) in [6.07, 6.45) is 0. The van der Waals surface area contributed by atoms with Crippen LogP contribution in [0.1, 0.15) is 45.7 Å². The second-order valence-corrected chi connectivity index (χ2v) is 7.79. The minimum absolute atomic E-state index is 0.128. The second kappa shape index (κ2) is 9.27. The van der Waals surface area contributed by atoms with Crippen molar-refractivity contribution in [1.82, 2.24) is 9.97 Å². The molecular weight excluding hydrogens is 428 g/mol. The molecule has 4 rings (SSSR count). The number of hydrogen-bond acceptors (Lipinski definition) is 7. The number of nitrogens with one attached hydrogen (secondary N) is 2. The standard InChI is InChI=1S/C26H20N6O2/c1-15-10-20(16(2)29-21-9-4-3-8-19(21)26(33)34)24-22(11-15)31-23(14-28)25(32-24)30-18-7-5-6-17(12-18)13-27/h3-12,16,29H,1-2H3,(H,30,32)(H,33,34)/t16-/m1/s1. The lowest BCUT2D eigenvalue weighted by Gasteiger charge is -2.20. The molecule has 3 aromatic carbocycles. The first-order valence-electron chi connectivity index (χ1n) is 10.5. The van der Waals surface area contributed by atoms with E-state index in [4.69, 9.17) is 10.2 Å². The lowest BCUT2D eigenvalue weighted by atomic mass is 10.0. The van der Waals surface area contributed by atoms with Gasteiger partial charge in [0, 0.05) is 16.9 Å². The number of rotatable bonds is 6. The van der Waals surface area contributed by atoms with Crippen molar-refractivity contribution < 1.29 is 9.90 Å². The molecule has 0 unspecified atom stereocenters. The molecule has 0 spiro atoms. The molecule has 1 aromatic heterocycles. The quantitative estimate of drug-likeness (QED) is 0.362. The van der Waals surface area contributed by atoms with Gasteiger partial charge in [0.05, 0.1) is 34.3 Å². The van der Waals surface area contributed by atoms with E-state index in [0.29, 0.717) is 28.0 Å². The predicted molar refractivity (Wildman–Crippen MR) is 129 cm³/mol. The van der Waals surface area contributed by atoms with E-state index < -0.39 is 5.97 Å². The Labute approximate surface area is 196 Å². The average molecular weight is 448 g/mol. The molecule has 8 nitrogen and oxygen atoms in total. The summed E-state index contributed by atoms with van der Waals surface area (Å²) < 4.78 is 0. The number of benzene rings is 3. The van der Waals surface area contributed by atoms with E-state index in [-0.39, 0.29) is 23.1 Å². The van der Waals surface area contributed by atoms with E-state index in [9.17, 15) is 15.2 Å². The number of carboxylic acid groups (broad SMARTS) is 1. The van der Waals surface area contributed by atoms with Gasteiger partial charge < -0.3 is 15.7 Å². The van der Waals surface area contributed by atoms with Gasteiger partial charge in [0.1, 0.15) is 6.07 Å². The maximum absolute atomic E-state index is 11.6. The first-order chi connectivity index (χ1) is 16.4. The molecule has 166 valence electrons. The summed E-state index contributed by atoms with van der Waals surface area (Å²) in [6.45, 7) is 3.84. The zero-order chi connectivity index (χ0) is 24.2. The van der Waals surface area contributed by atoms with E-state index in [2.05, 4.69) is 27.8 Å². The zero-order valence-electron chi connectivity index (χ0n) is 18.5. The molecule has 0 bridgehead atoms. The molecule has 0 aliphatic rings. The molecule has 3 N–H and O–H groups in total. The molecule has 0 radical (unpaired) electrons. The highest BCUT2D eigenvalue weighted by molar-refractivity contribution is 5.94. The molecule has 4 aromatic rings. The van der Waals surface area contributed by atoms with Crippen molar-refractivity contribution in [2.45, 2.75) is 19.9 Å². The second-order valence-electron chi connectivity index (χ2n) is 7.79. The summed E-state index contributed by atoms with van der Waals surface area (Å²) in [5.74, 6) is -0.748. The fraction of sp³-hybridized carbons (Fsp3) is 0.115. The number of aryl methyl sites for hydroxylation is 1. The Balaban J connectivity index is 1.80. The van der Waals surface area contributed by atoms with Crippen molar-refractivity contribution in [2.24, 2.45) is 0 Å². The lowest BCUT2D eigenvalue weighted by Crippen LogP contribution is -2.12. The van der Waals surface area contributed by atoms with Gasteiger partial charge in [0.15, 0.2) is 11.5 Å². The van der Waals surface area contributed by atoms with Gasteiger partial charge in [-0.2, -0.15) is 10.5 Å². The summed E-state index contributed by atoms with van der Waals surface area (Å²) in [5.41, 5.74) is 4.75. The highest BCUT2D eigenvalue weighted by atomic mass is 16.4. The number of hydrogen-bond donors (Lipinski definition) is 3. The van der Waals surface area contributed by atoms with E-state index in [1.165, 1.54) is 0 Å². The summed E-state index contributed by atoms with van der Waals surface area (Å²) in [7, 11) is 0. The van der Waals surface area contributed by atoms with Crippen LogP contribution >= 0.6 is 0 Å². The van der Waals surface area contributed by atoms with Crippen LogP contribution in [0, 0.1) is 29.6 Å². The van der Waals surface area contributed by atoms with Gasteiger partial charge in [-0.15, -0.1) is 0 Å². The number of carbonyl (C=O) groups is 1. The van der Waals surface area contributed by atoms with Gasteiger partial charge in [0.2, 0.25) is 0 Å². The third kappa shape index (κ3) is 4.47. The maximum atomic E-state index is 11.6. The highest BCUT2D eigenvalue weighted by Gasteiger charge is 2.18. The Kier molecular flexibility index (Phi) is 6.07. The Morgan fingerprint density at radius 2 is 1.82 bits per heavy atom. The number of aromatic nitrogens is 2. The van der Waals surface area contributed by atoms with Gasteiger partial charge >= 0.3 is 5.97 Å². The molecular formula is C26H20N6O2. The van der Waals surface area contributed by atoms with Gasteiger partial charge in [-0.05, 0) is 55.8 Å². The largest absolute Gasteiger partial charge is 0.478 e. The average Bonchev–Trinajstić information content (AvgIpc) is 2.83. The molecule has 1 heterocycles. The molecule has 0 amide bonds. The van der Waals surface area contributed by atoms with Crippen LogP contribution < -0.4 is 10.6 Å². The van der Waals surface area contributed by atoms with Crippen LogP contribution in [0.3, 0.4) is 0 Å². The first-order valence-corrected chi connectivity index (χ1v) is 10.5. The van der Waals surface area contributed by atoms with Crippen molar-refractivity contribution in [3.63, 3.8) is 0 Å². The number of anilines is 3. The molecule has 0 aliphatic heterocycles. The minimum Gasteiger partial charge on any atom is -0.478 e. The fourth-order valence-electron chi connectivity index (χ4n) is 3.74. The zero-order valence-corrected chi connectivity index (χ0v) is 18.5. The fourth-order valence-corrected chi connectivity index (χ4v) is 3.74. The number of para-hydroxylation sites is 1. The van der Waals surface area contributed by atoms with Crippen LogP contribution in [0.2, 0.25) is 0 Å². The summed E-state index contributed by atoms with van der Waals surface area (Å²) in [4.78, 5) is 20.9. The molecule has 8 heteroatoms. The van der Waals surface area contributed by atoms with E-state index in [0.717, 1.165) is 11.1 Å². The topological polar surface area (TPSA) is 135 Å². The van der Waals surface area contributed by atoms with Gasteiger partial charge in [-0.3, -0.25) is 0 Å². The smallest absolute Gasteiger partial charge is 0.337 e. The lowest BCUT2D eigenvalue weighted by molar-refractivity contribution is 0.0698. The van der Waals surface area contributed by atoms with Crippen LogP contribution in [0.15, 0.2) is 60.7 Å². The maximum Gasteiger partial charge on any atom is 0.337 e. The molecule has 1 atom stereocenters. The third-order valence-corrected chi connectivity index (χ3v) is 5.30. The monoisotopic (exact) mass is 448 g/mol. The number of fused-ring (bicyclic) bond motifs is 1. The van der Waals surface area contributed by atoms with Gasteiger partial charge in [0.25, 0.3) is 0 Å².